The Kier molecular flexibility index (Phi) is 4.85. The minimum absolute atomic E-state index is 0.0999. The standard InChI is InChI=1S/C25H20N2O3/c28-25-19(12-17-4-3-11-26-14-17)15-30-24-13-21(9-10-22(24)25)29-16-20-8-7-18-5-1-2-6-23(18)27-20/h1-11,13-14,19H,12,15-16H2. The average molecular weight is 396 g/mol. The van der Waals surface area contributed by atoms with Gasteiger partial charge in [0, 0.05) is 23.8 Å². The number of pyridine rings is 2. The van der Waals surface area contributed by atoms with Gasteiger partial charge in [-0.25, -0.2) is 4.98 Å². The molecule has 4 aromatic rings. The predicted octanol–water partition coefficient (Wildman–Crippen LogP) is 4.64. The maximum atomic E-state index is 12.9. The Morgan fingerprint density at radius 3 is 2.87 bits per heavy atom. The van der Waals surface area contributed by atoms with Gasteiger partial charge in [-0.2, -0.15) is 0 Å². The van der Waals surface area contributed by atoms with E-state index in [0.717, 1.165) is 22.2 Å². The molecule has 1 atom stereocenters. The Labute approximate surface area is 174 Å². The fourth-order valence-electron chi connectivity index (χ4n) is 3.70. The van der Waals surface area contributed by atoms with Crippen LogP contribution in [0.3, 0.4) is 0 Å². The molecule has 5 nitrogen and oxygen atoms in total. The lowest BCUT2D eigenvalue weighted by atomic mass is 9.90. The predicted molar refractivity (Wildman–Crippen MR) is 114 cm³/mol. The van der Waals surface area contributed by atoms with E-state index in [1.54, 1.807) is 24.5 Å². The van der Waals surface area contributed by atoms with E-state index in [1.165, 1.54) is 0 Å². The van der Waals surface area contributed by atoms with E-state index in [-0.39, 0.29) is 11.7 Å². The van der Waals surface area contributed by atoms with Crippen LogP contribution < -0.4 is 9.47 Å². The molecule has 2 aromatic carbocycles. The van der Waals surface area contributed by atoms with Crippen LogP contribution in [0.2, 0.25) is 0 Å². The van der Waals surface area contributed by atoms with Crippen molar-refractivity contribution >= 4 is 16.7 Å². The second-order valence-corrected chi connectivity index (χ2v) is 7.38. The van der Waals surface area contributed by atoms with E-state index in [9.17, 15) is 4.79 Å². The molecule has 1 aliphatic rings. The van der Waals surface area contributed by atoms with Crippen molar-refractivity contribution in [3.8, 4) is 11.5 Å². The summed E-state index contributed by atoms with van der Waals surface area (Å²) in [5.41, 5.74) is 3.43. The topological polar surface area (TPSA) is 61.3 Å². The van der Waals surface area contributed by atoms with Gasteiger partial charge in [0.25, 0.3) is 0 Å². The molecular weight excluding hydrogens is 376 g/mol. The number of rotatable bonds is 5. The molecule has 148 valence electrons. The summed E-state index contributed by atoms with van der Waals surface area (Å²) >= 11 is 0. The minimum Gasteiger partial charge on any atom is -0.492 e. The van der Waals surface area contributed by atoms with Crippen molar-refractivity contribution in [3.05, 3.63) is 95.9 Å². The Hall–Kier alpha value is -3.73. The van der Waals surface area contributed by atoms with Crippen LogP contribution in [0.5, 0.6) is 11.5 Å². The first-order valence-corrected chi connectivity index (χ1v) is 9.94. The van der Waals surface area contributed by atoms with Gasteiger partial charge in [-0.3, -0.25) is 9.78 Å². The molecule has 0 aliphatic carbocycles. The van der Waals surface area contributed by atoms with Crippen LogP contribution in [0.15, 0.2) is 79.1 Å². The van der Waals surface area contributed by atoms with Crippen LogP contribution in [-0.4, -0.2) is 22.4 Å². The first-order chi connectivity index (χ1) is 14.8. The Morgan fingerprint density at radius 1 is 1.03 bits per heavy atom. The monoisotopic (exact) mass is 396 g/mol. The third-order valence-electron chi connectivity index (χ3n) is 5.28. The van der Waals surface area contributed by atoms with Crippen molar-refractivity contribution in [2.24, 2.45) is 5.92 Å². The molecule has 0 N–H and O–H groups in total. The Bertz CT molecular complexity index is 1210. The molecule has 5 heteroatoms. The van der Waals surface area contributed by atoms with Crippen LogP contribution in [0.1, 0.15) is 21.6 Å². The van der Waals surface area contributed by atoms with Gasteiger partial charge in [0.1, 0.15) is 18.1 Å². The lowest BCUT2D eigenvalue weighted by Crippen LogP contribution is -2.29. The molecule has 0 fully saturated rings. The van der Waals surface area contributed by atoms with Crippen molar-refractivity contribution in [1.82, 2.24) is 9.97 Å². The van der Waals surface area contributed by atoms with E-state index in [0.29, 0.717) is 36.7 Å². The minimum atomic E-state index is -0.199. The molecule has 1 aliphatic heterocycles. The van der Waals surface area contributed by atoms with Gasteiger partial charge >= 0.3 is 0 Å². The van der Waals surface area contributed by atoms with Gasteiger partial charge in [-0.05, 0) is 42.3 Å². The fourth-order valence-corrected chi connectivity index (χ4v) is 3.70. The van der Waals surface area contributed by atoms with E-state index in [2.05, 4.69) is 9.97 Å². The first kappa shape index (κ1) is 18.3. The molecule has 0 saturated heterocycles. The number of Topliss-reactive ketones (excluding diaryl/α,β-unsaturated/α-hetero) is 1. The number of carbonyl (C=O) groups is 1. The van der Waals surface area contributed by atoms with Crippen molar-refractivity contribution in [2.75, 3.05) is 6.61 Å². The summed E-state index contributed by atoms with van der Waals surface area (Å²) in [6, 6.07) is 21.2. The van der Waals surface area contributed by atoms with Gasteiger partial charge in [0.15, 0.2) is 5.78 Å². The molecule has 3 heterocycles. The number of hydrogen-bond donors (Lipinski definition) is 0. The summed E-state index contributed by atoms with van der Waals surface area (Å²) in [5.74, 6) is 1.13. The number of ether oxygens (including phenoxy) is 2. The van der Waals surface area contributed by atoms with Crippen molar-refractivity contribution in [1.29, 1.82) is 0 Å². The van der Waals surface area contributed by atoms with Crippen molar-refractivity contribution < 1.29 is 14.3 Å². The molecule has 0 radical (unpaired) electrons. The number of hydrogen-bond acceptors (Lipinski definition) is 5. The van der Waals surface area contributed by atoms with E-state index in [1.807, 2.05) is 54.6 Å². The highest BCUT2D eigenvalue weighted by Crippen LogP contribution is 2.32. The second kappa shape index (κ2) is 7.95. The molecule has 30 heavy (non-hydrogen) atoms. The smallest absolute Gasteiger partial charge is 0.173 e. The first-order valence-electron chi connectivity index (χ1n) is 9.94. The number of para-hydroxylation sites is 1. The highest BCUT2D eigenvalue weighted by atomic mass is 16.5. The van der Waals surface area contributed by atoms with E-state index >= 15 is 0 Å². The maximum absolute atomic E-state index is 12.9. The summed E-state index contributed by atoms with van der Waals surface area (Å²) in [4.78, 5) is 21.6. The van der Waals surface area contributed by atoms with Crippen LogP contribution in [-0.2, 0) is 13.0 Å². The zero-order valence-corrected chi connectivity index (χ0v) is 16.3. The number of nitrogens with zero attached hydrogens (tertiary/aromatic N) is 2. The van der Waals surface area contributed by atoms with Gasteiger partial charge in [0.05, 0.1) is 29.3 Å². The lowest BCUT2D eigenvalue weighted by molar-refractivity contribution is 0.0830. The fraction of sp³-hybridized carbons (Fsp3) is 0.160. The highest BCUT2D eigenvalue weighted by molar-refractivity contribution is 6.01. The molecule has 0 saturated carbocycles. The quantitative estimate of drug-likeness (QED) is 0.492. The zero-order valence-electron chi connectivity index (χ0n) is 16.3. The van der Waals surface area contributed by atoms with Crippen molar-refractivity contribution in [2.45, 2.75) is 13.0 Å². The third kappa shape index (κ3) is 3.74. The molecule has 0 spiro atoms. The molecule has 5 rings (SSSR count). The van der Waals surface area contributed by atoms with Crippen LogP contribution >= 0.6 is 0 Å². The average Bonchev–Trinajstić information content (AvgIpc) is 2.80. The van der Waals surface area contributed by atoms with E-state index < -0.39 is 0 Å². The van der Waals surface area contributed by atoms with E-state index in [4.69, 9.17) is 9.47 Å². The van der Waals surface area contributed by atoms with Gasteiger partial charge < -0.3 is 9.47 Å². The number of fused-ring (bicyclic) bond motifs is 2. The SMILES string of the molecule is O=C1c2ccc(OCc3ccc4ccccc4n3)cc2OCC1Cc1cccnc1. The maximum Gasteiger partial charge on any atom is 0.173 e. The van der Waals surface area contributed by atoms with Gasteiger partial charge in [-0.15, -0.1) is 0 Å². The molecular formula is C25H20N2O3. The Balaban J connectivity index is 1.28. The van der Waals surface area contributed by atoms with Crippen LogP contribution in [0.4, 0.5) is 0 Å². The number of benzene rings is 2. The second-order valence-electron chi connectivity index (χ2n) is 7.38. The summed E-state index contributed by atoms with van der Waals surface area (Å²) in [6.45, 7) is 0.706. The normalized spacial score (nSPS) is 15.5. The molecule has 1 unspecified atom stereocenters. The van der Waals surface area contributed by atoms with Gasteiger partial charge in [0.2, 0.25) is 0 Å². The summed E-state index contributed by atoms with van der Waals surface area (Å²) in [5, 5.41) is 1.10. The van der Waals surface area contributed by atoms with Crippen LogP contribution in [0.25, 0.3) is 10.9 Å². The lowest BCUT2D eigenvalue weighted by Gasteiger charge is -2.24. The van der Waals surface area contributed by atoms with Crippen LogP contribution in [0, 0.1) is 5.92 Å². The number of carbonyl (C=O) groups excluding carboxylic acids is 1. The largest absolute Gasteiger partial charge is 0.492 e. The zero-order chi connectivity index (χ0) is 20.3. The van der Waals surface area contributed by atoms with Gasteiger partial charge in [-0.1, -0.05) is 30.3 Å². The Morgan fingerprint density at radius 2 is 1.97 bits per heavy atom. The highest BCUT2D eigenvalue weighted by Gasteiger charge is 2.29. The molecule has 0 bridgehead atoms. The summed E-state index contributed by atoms with van der Waals surface area (Å²) in [6.07, 6.45) is 4.14. The molecule has 2 aromatic heterocycles. The number of aromatic nitrogens is 2. The molecule has 0 amide bonds. The summed E-state index contributed by atoms with van der Waals surface area (Å²) < 4.78 is 11.8. The third-order valence-corrected chi connectivity index (χ3v) is 5.28. The van der Waals surface area contributed by atoms with Crippen molar-refractivity contribution in [3.63, 3.8) is 0 Å². The summed E-state index contributed by atoms with van der Waals surface area (Å²) in [7, 11) is 0. The number of ketones is 1.